The van der Waals surface area contributed by atoms with E-state index in [2.05, 4.69) is 5.32 Å². The predicted octanol–water partition coefficient (Wildman–Crippen LogP) is 6.50. The number of phenolic OH excluding ortho intramolecular Hbond substituents is 1. The number of halogens is 2. The van der Waals surface area contributed by atoms with Gasteiger partial charge in [0.25, 0.3) is 0 Å². The molecular formula is C19H18Cl2NO5P. The minimum absolute atomic E-state index is 0.0446. The zero-order valence-electron chi connectivity index (χ0n) is 15.1. The maximum atomic E-state index is 11.7. The number of rotatable bonds is 7. The zero-order valence-corrected chi connectivity index (χ0v) is 17.5. The largest absolute Gasteiger partial charge is 0.507 e. The Hall–Kier alpha value is -1.95. The summed E-state index contributed by atoms with van der Waals surface area (Å²) in [4.78, 5) is 0. The molecule has 3 rings (SSSR count). The average Bonchev–Trinajstić information content (AvgIpc) is 2.66. The lowest BCUT2D eigenvalue weighted by molar-refractivity contribution is 0.253. The molecule has 0 saturated heterocycles. The van der Waals surface area contributed by atoms with Gasteiger partial charge in [0.1, 0.15) is 18.2 Å². The highest BCUT2D eigenvalue weighted by atomic mass is 35.5. The molecule has 28 heavy (non-hydrogen) atoms. The molecule has 148 valence electrons. The van der Waals surface area contributed by atoms with Gasteiger partial charge in [-0.25, -0.2) is 0 Å². The van der Waals surface area contributed by atoms with Crippen molar-refractivity contribution in [3.63, 3.8) is 0 Å². The Morgan fingerprint density at radius 1 is 1.07 bits per heavy atom. The van der Waals surface area contributed by atoms with E-state index in [4.69, 9.17) is 37.0 Å². The van der Waals surface area contributed by atoms with Crippen LogP contribution in [-0.2, 0) is 13.6 Å². The van der Waals surface area contributed by atoms with Crippen LogP contribution in [0.1, 0.15) is 0 Å². The summed E-state index contributed by atoms with van der Waals surface area (Å²) >= 11 is 12.7. The minimum Gasteiger partial charge on any atom is -0.507 e. The van der Waals surface area contributed by atoms with Crippen molar-refractivity contribution in [3.8, 4) is 17.2 Å². The number of fused-ring (bicyclic) bond motifs is 1. The fraction of sp³-hybridized carbons (Fsp3) is 0.158. The van der Waals surface area contributed by atoms with Gasteiger partial charge in [-0.3, -0.25) is 9.09 Å². The van der Waals surface area contributed by atoms with E-state index in [-0.39, 0.29) is 28.3 Å². The third-order valence-electron chi connectivity index (χ3n) is 3.98. The fourth-order valence-corrected chi connectivity index (χ4v) is 3.47. The van der Waals surface area contributed by atoms with Crippen LogP contribution in [0.15, 0.2) is 48.5 Å². The Morgan fingerprint density at radius 3 is 2.36 bits per heavy atom. The molecule has 1 atom stereocenters. The number of hydrogen-bond donors (Lipinski definition) is 2. The van der Waals surface area contributed by atoms with Gasteiger partial charge in [0.2, 0.25) is 0 Å². The van der Waals surface area contributed by atoms with Crippen LogP contribution in [0.2, 0.25) is 10.0 Å². The molecule has 0 aliphatic rings. The molecule has 0 aliphatic carbocycles. The number of benzene rings is 3. The molecule has 1 unspecified atom stereocenters. The summed E-state index contributed by atoms with van der Waals surface area (Å²) in [7, 11) is -1.78. The lowest BCUT2D eigenvalue weighted by Gasteiger charge is -2.15. The van der Waals surface area contributed by atoms with Gasteiger partial charge in [0, 0.05) is 30.2 Å². The Balaban J connectivity index is 1.83. The summed E-state index contributed by atoms with van der Waals surface area (Å²) in [6.45, 7) is 1.32. The second-order valence-corrected chi connectivity index (χ2v) is 8.88. The number of nitrogens with one attached hydrogen (secondary N) is 1. The Labute approximate surface area is 172 Å². The third kappa shape index (κ3) is 4.72. The Kier molecular flexibility index (Phi) is 6.38. The summed E-state index contributed by atoms with van der Waals surface area (Å²) in [5.74, 6) is 0.945. The molecule has 3 aromatic carbocycles. The van der Waals surface area contributed by atoms with Crippen LogP contribution in [0.25, 0.3) is 10.8 Å². The molecule has 0 fully saturated rings. The maximum Gasteiger partial charge on any atom is 0.329 e. The lowest BCUT2D eigenvalue weighted by Crippen LogP contribution is -2.05. The standard InChI is InChI=1S/C19H18Cl2NO5P/c1-25-28(2,24)26-11-22-12-9-15(20)19(16(21)10-12)27-18-8-7-17(23)13-5-3-4-6-14(13)18/h3-10,22-23H,11H2,1-2H3. The summed E-state index contributed by atoms with van der Waals surface area (Å²) in [5.41, 5.74) is 0.564. The molecule has 0 radical (unpaired) electrons. The highest BCUT2D eigenvalue weighted by molar-refractivity contribution is 7.52. The molecule has 6 nitrogen and oxygen atoms in total. The van der Waals surface area contributed by atoms with Crippen molar-refractivity contribution < 1.29 is 23.5 Å². The summed E-state index contributed by atoms with van der Waals surface area (Å²) in [6, 6.07) is 13.7. The van der Waals surface area contributed by atoms with Gasteiger partial charge in [-0.2, -0.15) is 0 Å². The second kappa shape index (κ2) is 8.60. The zero-order chi connectivity index (χ0) is 20.3. The van der Waals surface area contributed by atoms with Crippen molar-refractivity contribution in [3.05, 3.63) is 58.6 Å². The van der Waals surface area contributed by atoms with Crippen molar-refractivity contribution in [2.45, 2.75) is 0 Å². The minimum atomic E-state index is -3.09. The van der Waals surface area contributed by atoms with Gasteiger partial charge < -0.3 is 19.7 Å². The number of ether oxygens (including phenoxy) is 1. The summed E-state index contributed by atoms with van der Waals surface area (Å²) < 4.78 is 27.5. The van der Waals surface area contributed by atoms with Gasteiger partial charge >= 0.3 is 7.60 Å². The van der Waals surface area contributed by atoms with Crippen molar-refractivity contribution in [1.82, 2.24) is 0 Å². The third-order valence-corrected chi connectivity index (χ3v) is 5.80. The molecule has 0 aliphatic heterocycles. The van der Waals surface area contributed by atoms with E-state index in [0.717, 1.165) is 5.39 Å². The van der Waals surface area contributed by atoms with E-state index in [9.17, 15) is 9.67 Å². The first kappa shape index (κ1) is 20.8. The van der Waals surface area contributed by atoms with Crippen LogP contribution in [0, 0.1) is 0 Å². The smallest absolute Gasteiger partial charge is 0.329 e. The van der Waals surface area contributed by atoms with Crippen LogP contribution in [0.3, 0.4) is 0 Å². The monoisotopic (exact) mass is 441 g/mol. The van der Waals surface area contributed by atoms with E-state index in [1.165, 1.54) is 13.8 Å². The van der Waals surface area contributed by atoms with E-state index in [1.54, 1.807) is 30.3 Å². The number of aromatic hydroxyl groups is 1. The van der Waals surface area contributed by atoms with E-state index in [1.807, 2.05) is 18.2 Å². The Morgan fingerprint density at radius 2 is 1.71 bits per heavy atom. The van der Waals surface area contributed by atoms with Gasteiger partial charge in [-0.15, -0.1) is 0 Å². The van der Waals surface area contributed by atoms with E-state index in [0.29, 0.717) is 16.8 Å². The first-order valence-corrected chi connectivity index (χ1v) is 10.9. The van der Waals surface area contributed by atoms with E-state index < -0.39 is 7.60 Å². The quantitative estimate of drug-likeness (QED) is 0.321. The lowest BCUT2D eigenvalue weighted by atomic mass is 10.1. The van der Waals surface area contributed by atoms with Gasteiger partial charge in [-0.1, -0.05) is 47.5 Å². The highest BCUT2D eigenvalue weighted by Crippen LogP contribution is 2.44. The van der Waals surface area contributed by atoms with Crippen molar-refractivity contribution >= 4 is 47.3 Å². The van der Waals surface area contributed by atoms with E-state index >= 15 is 0 Å². The average molecular weight is 442 g/mol. The van der Waals surface area contributed by atoms with Crippen LogP contribution in [0.5, 0.6) is 17.2 Å². The molecule has 0 saturated carbocycles. The first-order chi connectivity index (χ1) is 13.3. The number of hydrogen-bond acceptors (Lipinski definition) is 6. The highest BCUT2D eigenvalue weighted by Gasteiger charge is 2.16. The van der Waals surface area contributed by atoms with Gasteiger partial charge in [0.05, 0.1) is 10.0 Å². The maximum absolute atomic E-state index is 11.7. The summed E-state index contributed by atoms with van der Waals surface area (Å²) in [5, 5.41) is 14.9. The summed E-state index contributed by atoms with van der Waals surface area (Å²) in [6.07, 6.45) is 0. The second-order valence-electron chi connectivity index (χ2n) is 5.90. The predicted molar refractivity (Wildman–Crippen MR) is 112 cm³/mol. The van der Waals surface area contributed by atoms with Crippen LogP contribution in [-0.4, -0.2) is 25.6 Å². The van der Waals surface area contributed by atoms with Crippen molar-refractivity contribution in [1.29, 1.82) is 0 Å². The Bertz CT molecular complexity index is 1040. The van der Waals surface area contributed by atoms with Crippen LogP contribution < -0.4 is 10.1 Å². The molecule has 0 spiro atoms. The molecule has 0 amide bonds. The molecule has 9 heteroatoms. The molecule has 0 aromatic heterocycles. The van der Waals surface area contributed by atoms with Gasteiger partial charge in [-0.05, 0) is 24.3 Å². The fourth-order valence-electron chi connectivity index (χ4n) is 2.50. The molecule has 2 N–H and O–H groups in total. The van der Waals surface area contributed by atoms with Gasteiger partial charge in [0.15, 0.2) is 5.75 Å². The van der Waals surface area contributed by atoms with Crippen molar-refractivity contribution in [2.24, 2.45) is 0 Å². The van der Waals surface area contributed by atoms with Crippen LogP contribution >= 0.6 is 30.8 Å². The first-order valence-electron chi connectivity index (χ1n) is 8.20. The molecule has 0 bridgehead atoms. The number of anilines is 1. The SMILES string of the molecule is COP(C)(=O)OCNc1cc(Cl)c(Oc2ccc(O)c3ccccc23)c(Cl)c1. The topological polar surface area (TPSA) is 77.0 Å². The van der Waals surface area contributed by atoms with Crippen molar-refractivity contribution in [2.75, 3.05) is 25.8 Å². The molecule has 3 aromatic rings. The normalized spacial score (nSPS) is 13.3. The molecule has 0 heterocycles. The van der Waals surface area contributed by atoms with Crippen LogP contribution in [0.4, 0.5) is 5.69 Å². The number of phenols is 1. The molecular weight excluding hydrogens is 424 g/mol.